The van der Waals surface area contributed by atoms with E-state index in [9.17, 15) is 21.6 Å². The van der Waals surface area contributed by atoms with Crippen LogP contribution < -0.4 is 4.72 Å². The second-order valence-corrected chi connectivity index (χ2v) is 10.3. The molecule has 0 amide bonds. The number of benzene rings is 1. The summed E-state index contributed by atoms with van der Waals surface area (Å²) in [6.07, 6.45) is 2.03. The molecule has 0 aliphatic heterocycles. The predicted molar refractivity (Wildman–Crippen MR) is 102 cm³/mol. The first-order valence-electron chi connectivity index (χ1n) is 7.43. The first-order chi connectivity index (χ1) is 11.8. The molecule has 0 bridgehead atoms. The van der Waals surface area contributed by atoms with Gasteiger partial charge in [-0.3, -0.25) is 9.52 Å². The summed E-state index contributed by atoms with van der Waals surface area (Å²) in [6.45, 7) is 4.14. The van der Waals surface area contributed by atoms with Gasteiger partial charge in [0.15, 0.2) is 0 Å². The van der Waals surface area contributed by atoms with E-state index in [1.54, 1.807) is 25.1 Å². The third-order valence-electron chi connectivity index (χ3n) is 3.00. The van der Waals surface area contributed by atoms with Crippen molar-refractivity contribution >= 4 is 52.3 Å². The molecule has 2 aromatic rings. The number of fused-ring (bicyclic) bond motifs is 1. The summed E-state index contributed by atoms with van der Waals surface area (Å²) in [6, 6.07) is 7.10. The van der Waals surface area contributed by atoms with Crippen LogP contribution >= 0.6 is 10.7 Å². The lowest BCUT2D eigenvalue weighted by Gasteiger charge is -2.08. The summed E-state index contributed by atoms with van der Waals surface area (Å²) < 4.78 is 50.5. The van der Waals surface area contributed by atoms with Crippen LogP contribution in [0.3, 0.4) is 0 Å². The maximum atomic E-state index is 11.6. The second kappa shape index (κ2) is 8.74. The minimum Gasteiger partial charge on any atom is -0.465 e. The van der Waals surface area contributed by atoms with E-state index in [0.717, 1.165) is 29.1 Å². The Morgan fingerprint density at radius 2 is 1.77 bits per heavy atom. The Morgan fingerprint density at radius 3 is 2.27 bits per heavy atom. The Labute approximate surface area is 157 Å². The number of ether oxygens (including phenoxy) is 1. The number of nitrogens with zero attached hydrogens (tertiary/aromatic N) is 1. The lowest BCUT2D eigenvalue weighted by molar-refractivity contribution is -0.143. The number of hydrogen-bond donors (Lipinski definition) is 1. The van der Waals surface area contributed by atoms with Gasteiger partial charge in [-0.2, -0.15) is 0 Å². The molecule has 0 aliphatic rings. The van der Waals surface area contributed by atoms with Crippen molar-refractivity contribution in [2.75, 3.05) is 23.8 Å². The van der Waals surface area contributed by atoms with E-state index in [1.807, 2.05) is 17.6 Å². The van der Waals surface area contributed by atoms with Crippen LogP contribution in [-0.4, -0.2) is 46.5 Å². The van der Waals surface area contributed by atoms with Crippen LogP contribution in [0.25, 0.3) is 10.9 Å². The summed E-state index contributed by atoms with van der Waals surface area (Å²) in [7, 11) is -2.00. The summed E-state index contributed by atoms with van der Waals surface area (Å²) >= 11 is 0. The van der Waals surface area contributed by atoms with Crippen molar-refractivity contribution in [3.8, 4) is 0 Å². The Hall–Kier alpha value is -1.78. The predicted octanol–water partition coefficient (Wildman–Crippen LogP) is 2.07. The van der Waals surface area contributed by atoms with Crippen molar-refractivity contribution in [3.63, 3.8) is 0 Å². The molecule has 1 aromatic carbocycles. The zero-order valence-corrected chi connectivity index (χ0v) is 17.2. The fourth-order valence-electron chi connectivity index (χ4n) is 2.23. The normalized spacial score (nSPS) is 11.6. The quantitative estimate of drug-likeness (QED) is 0.580. The van der Waals surface area contributed by atoms with Gasteiger partial charge in [0.25, 0.3) is 0 Å². The fraction of sp³-hybridized carbons (Fsp3) is 0.400. The fourth-order valence-corrected chi connectivity index (χ4v) is 2.79. The summed E-state index contributed by atoms with van der Waals surface area (Å²) in [4.78, 5) is 11.6. The Kier molecular flexibility index (Phi) is 7.48. The highest BCUT2D eigenvalue weighted by atomic mass is 35.7. The van der Waals surface area contributed by atoms with Crippen molar-refractivity contribution in [3.05, 3.63) is 30.0 Å². The van der Waals surface area contributed by atoms with Crippen molar-refractivity contribution in [2.45, 2.75) is 20.4 Å². The molecule has 1 aromatic heterocycles. The Morgan fingerprint density at radius 1 is 1.19 bits per heavy atom. The molecule has 0 atom stereocenters. The van der Waals surface area contributed by atoms with E-state index in [-0.39, 0.29) is 12.5 Å². The van der Waals surface area contributed by atoms with Crippen molar-refractivity contribution in [1.29, 1.82) is 0 Å². The van der Waals surface area contributed by atoms with Crippen LogP contribution in [-0.2, 0) is 35.2 Å². The van der Waals surface area contributed by atoms with E-state index < -0.39 is 19.1 Å². The van der Waals surface area contributed by atoms with Crippen molar-refractivity contribution in [2.24, 2.45) is 0 Å². The molecule has 0 saturated heterocycles. The molecule has 0 radical (unpaired) electrons. The van der Waals surface area contributed by atoms with Crippen LogP contribution in [0, 0.1) is 6.92 Å². The van der Waals surface area contributed by atoms with E-state index >= 15 is 0 Å². The number of aryl methyl sites for hydroxylation is 1. The number of carbonyl (C=O) groups excluding carboxylic acids is 1. The topological polar surface area (TPSA) is 112 Å². The highest BCUT2D eigenvalue weighted by Crippen LogP contribution is 2.23. The average Bonchev–Trinajstić information content (AvgIpc) is 2.71. The van der Waals surface area contributed by atoms with Crippen LogP contribution in [0.1, 0.15) is 12.6 Å². The molecule has 0 unspecified atom stereocenters. The standard InChI is InChI=1S/C14H18N2O4S.CH3ClO2S/c1-4-20-14(17)9-16-10(2)7-11-8-12(5-6-13(11)16)15-21(3,18)19;1-5(2,3)4/h5-8,15H,4,9H2,1-3H3;1H3. The zero-order valence-electron chi connectivity index (χ0n) is 14.8. The second-order valence-electron chi connectivity index (χ2n) is 5.51. The van der Waals surface area contributed by atoms with Crippen LogP contribution in [0.4, 0.5) is 5.69 Å². The first-order valence-corrected chi connectivity index (χ1v) is 12.0. The Bertz CT molecular complexity index is 989. The highest BCUT2D eigenvalue weighted by Gasteiger charge is 2.11. The molecule has 0 fully saturated rings. The highest BCUT2D eigenvalue weighted by molar-refractivity contribution is 8.13. The van der Waals surface area contributed by atoms with Crippen LogP contribution in [0.5, 0.6) is 0 Å². The van der Waals surface area contributed by atoms with E-state index in [4.69, 9.17) is 4.74 Å². The van der Waals surface area contributed by atoms with Gasteiger partial charge in [0.2, 0.25) is 19.1 Å². The monoisotopic (exact) mass is 424 g/mol. The average molecular weight is 425 g/mol. The van der Waals surface area contributed by atoms with Gasteiger partial charge in [0.05, 0.1) is 19.1 Å². The van der Waals surface area contributed by atoms with Crippen LogP contribution in [0.15, 0.2) is 24.3 Å². The number of rotatable bonds is 5. The Balaban J connectivity index is 0.000000597. The number of anilines is 1. The largest absolute Gasteiger partial charge is 0.465 e. The van der Waals surface area contributed by atoms with Gasteiger partial charge in [0, 0.05) is 33.0 Å². The number of aromatic nitrogens is 1. The molecule has 1 N–H and O–H groups in total. The number of esters is 1. The minimum absolute atomic E-state index is 0.141. The molecule has 0 aliphatic carbocycles. The minimum atomic E-state index is -3.31. The number of sulfonamides is 1. The van der Waals surface area contributed by atoms with E-state index in [1.165, 1.54) is 0 Å². The summed E-state index contributed by atoms with van der Waals surface area (Å²) in [5.41, 5.74) is 2.27. The van der Waals surface area contributed by atoms with Gasteiger partial charge in [-0.15, -0.1) is 0 Å². The molecule has 11 heteroatoms. The van der Waals surface area contributed by atoms with Gasteiger partial charge < -0.3 is 9.30 Å². The SMILES string of the molecule is CCOC(=O)Cn1c(C)cc2cc(NS(C)(=O)=O)ccc21.CS(=O)(=O)Cl. The number of nitrogens with one attached hydrogen (secondary N) is 1. The lowest BCUT2D eigenvalue weighted by Crippen LogP contribution is -2.14. The van der Waals surface area contributed by atoms with Crippen LogP contribution in [0.2, 0.25) is 0 Å². The van der Waals surface area contributed by atoms with E-state index in [2.05, 4.69) is 15.4 Å². The molecule has 2 rings (SSSR count). The third-order valence-corrected chi connectivity index (χ3v) is 3.61. The number of halogens is 1. The van der Waals surface area contributed by atoms with Gasteiger partial charge in [-0.25, -0.2) is 16.8 Å². The molecule has 1 heterocycles. The van der Waals surface area contributed by atoms with Gasteiger partial charge in [0.1, 0.15) is 6.54 Å². The van der Waals surface area contributed by atoms with Gasteiger partial charge >= 0.3 is 5.97 Å². The van der Waals surface area contributed by atoms with Crippen molar-refractivity contribution in [1.82, 2.24) is 4.57 Å². The third kappa shape index (κ3) is 8.07. The molecule has 0 spiro atoms. The summed E-state index contributed by atoms with van der Waals surface area (Å²) in [5.74, 6) is -0.295. The number of carbonyl (C=O) groups is 1. The number of hydrogen-bond acceptors (Lipinski definition) is 6. The summed E-state index contributed by atoms with van der Waals surface area (Å²) in [5, 5.41) is 0.866. The molecule has 0 saturated carbocycles. The first kappa shape index (κ1) is 22.3. The molecule has 8 nitrogen and oxygen atoms in total. The lowest BCUT2D eigenvalue weighted by atomic mass is 10.2. The van der Waals surface area contributed by atoms with E-state index in [0.29, 0.717) is 12.3 Å². The molecule has 26 heavy (non-hydrogen) atoms. The zero-order chi connectivity index (χ0) is 20.1. The molecular formula is C15H21ClN2O6S2. The smallest absolute Gasteiger partial charge is 0.325 e. The van der Waals surface area contributed by atoms with Crippen molar-refractivity contribution < 1.29 is 26.4 Å². The molecular weight excluding hydrogens is 404 g/mol. The van der Waals surface area contributed by atoms with Gasteiger partial charge in [-0.1, -0.05) is 0 Å². The molecule has 146 valence electrons. The maximum Gasteiger partial charge on any atom is 0.325 e. The maximum absolute atomic E-state index is 11.6. The van der Waals surface area contributed by atoms with Gasteiger partial charge in [-0.05, 0) is 38.1 Å².